The van der Waals surface area contributed by atoms with Crippen LogP contribution in [-0.4, -0.2) is 17.3 Å². The second kappa shape index (κ2) is 6.98. The quantitative estimate of drug-likeness (QED) is 0.734. The van der Waals surface area contributed by atoms with Gasteiger partial charge in [-0.05, 0) is 43.9 Å². The van der Waals surface area contributed by atoms with Crippen molar-refractivity contribution >= 4 is 11.8 Å². The van der Waals surface area contributed by atoms with Crippen LogP contribution in [0, 0.1) is 11.3 Å². The predicted molar refractivity (Wildman–Crippen MR) is 82.0 cm³/mol. The summed E-state index contributed by atoms with van der Waals surface area (Å²) in [5, 5.41) is 12.7. The summed E-state index contributed by atoms with van der Waals surface area (Å²) in [7, 11) is 0. The Bertz CT molecular complexity index is 422. The maximum atomic E-state index is 9.28. The number of benzene rings is 1. The summed E-state index contributed by atoms with van der Waals surface area (Å²) in [4.78, 5) is 0. The van der Waals surface area contributed by atoms with E-state index in [4.69, 9.17) is 0 Å². The van der Waals surface area contributed by atoms with E-state index in [0.29, 0.717) is 6.04 Å². The van der Waals surface area contributed by atoms with E-state index < -0.39 is 0 Å². The number of nitrogens with one attached hydrogen (secondary N) is 1. The van der Waals surface area contributed by atoms with Crippen LogP contribution < -0.4 is 5.32 Å². The van der Waals surface area contributed by atoms with Crippen LogP contribution in [0.4, 0.5) is 0 Å². The largest absolute Gasteiger partial charge is 0.297 e. The lowest BCUT2D eigenvalue weighted by atomic mass is 9.98. The Morgan fingerprint density at radius 1 is 1.37 bits per heavy atom. The molecule has 1 fully saturated rings. The van der Waals surface area contributed by atoms with Gasteiger partial charge in [-0.25, -0.2) is 0 Å². The first-order chi connectivity index (χ1) is 9.22. The number of nitrogens with zero attached hydrogens (tertiary/aromatic N) is 1. The van der Waals surface area contributed by atoms with E-state index in [9.17, 15) is 5.26 Å². The van der Waals surface area contributed by atoms with Gasteiger partial charge in [0.1, 0.15) is 5.54 Å². The molecule has 1 aliphatic rings. The average molecular weight is 274 g/mol. The van der Waals surface area contributed by atoms with Crippen molar-refractivity contribution < 1.29 is 0 Å². The van der Waals surface area contributed by atoms with Gasteiger partial charge in [0.2, 0.25) is 0 Å². The van der Waals surface area contributed by atoms with Crippen molar-refractivity contribution in [3.8, 4) is 6.07 Å². The molecule has 0 aromatic heterocycles. The molecule has 1 aliphatic carbocycles. The molecule has 2 nitrogen and oxygen atoms in total. The molecule has 19 heavy (non-hydrogen) atoms. The highest BCUT2D eigenvalue weighted by atomic mass is 32.2. The fraction of sp³-hybridized carbons (Fsp3) is 0.562. The fourth-order valence-corrected chi connectivity index (χ4v) is 3.05. The van der Waals surface area contributed by atoms with Crippen molar-refractivity contribution in [1.29, 1.82) is 5.26 Å². The van der Waals surface area contributed by atoms with Crippen LogP contribution in [0.5, 0.6) is 0 Å². The van der Waals surface area contributed by atoms with E-state index in [0.717, 1.165) is 24.3 Å². The van der Waals surface area contributed by atoms with Crippen LogP contribution >= 0.6 is 11.8 Å². The molecule has 0 saturated heterocycles. The van der Waals surface area contributed by atoms with Crippen LogP contribution in [0.25, 0.3) is 0 Å². The van der Waals surface area contributed by atoms with E-state index in [1.54, 1.807) is 0 Å². The number of nitriles is 1. The fourth-order valence-electron chi connectivity index (χ4n) is 2.13. The Morgan fingerprint density at radius 3 is 2.74 bits per heavy atom. The number of hydrogen-bond acceptors (Lipinski definition) is 3. The Labute approximate surface area is 120 Å². The summed E-state index contributed by atoms with van der Waals surface area (Å²) in [6.07, 6.45) is 4.52. The molecule has 1 unspecified atom stereocenters. The van der Waals surface area contributed by atoms with Crippen LogP contribution in [0.15, 0.2) is 30.3 Å². The minimum absolute atomic E-state index is 0.325. The first kappa shape index (κ1) is 14.4. The van der Waals surface area contributed by atoms with Crippen molar-refractivity contribution in [2.75, 3.05) is 5.75 Å². The van der Waals surface area contributed by atoms with E-state index in [-0.39, 0.29) is 5.54 Å². The molecular weight excluding hydrogens is 252 g/mol. The van der Waals surface area contributed by atoms with Gasteiger partial charge in [-0.1, -0.05) is 30.3 Å². The zero-order chi connectivity index (χ0) is 13.6. The summed E-state index contributed by atoms with van der Waals surface area (Å²) in [6, 6.07) is 13.6. The van der Waals surface area contributed by atoms with Crippen molar-refractivity contribution in [1.82, 2.24) is 5.32 Å². The van der Waals surface area contributed by atoms with Gasteiger partial charge in [0.25, 0.3) is 0 Å². The van der Waals surface area contributed by atoms with E-state index in [1.807, 2.05) is 18.7 Å². The van der Waals surface area contributed by atoms with Crippen molar-refractivity contribution in [3.05, 3.63) is 35.9 Å². The van der Waals surface area contributed by atoms with E-state index in [1.165, 1.54) is 18.4 Å². The van der Waals surface area contributed by atoms with Gasteiger partial charge in [-0.15, -0.1) is 0 Å². The highest BCUT2D eigenvalue weighted by molar-refractivity contribution is 7.98. The number of thioether (sulfide) groups is 1. The Morgan fingerprint density at radius 2 is 2.11 bits per heavy atom. The monoisotopic (exact) mass is 274 g/mol. The summed E-state index contributed by atoms with van der Waals surface area (Å²) < 4.78 is 0. The summed E-state index contributed by atoms with van der Waals surface area (Å²) in [5.41, 5.74) is 1.06. The molecule has 0 bridgehead atoms. The van der Waals surface area contributed by atoms with Gasteiger partial charge in [0.05, 0.1) is 6.07 Å². The van der Waals surface area contributed by atoms with Gasteiger partial charge >= 0.3 is 0 Å². The molecule has 0 radical (unpaired) electrons. The molecule has 3 heteroatoms. The zero-order valence-electron chi connectivity index (χ0n) is 11.6. The second-order valence-electron chi connectivity index (χ2n) is 5.50. The summed E-state index contributed by atoms with van der Waals surface area (Å²) >= 11 is 1.95. The summed E-state index contributed by atoms with van der Waals surface area (Å²) in [5.74, 6) is 2.19. The SMILES string of the molecule is CC(C#N)(CCCSCc1ccccc1)NC1CC1. The highest BCUT2D eigenvalue weighted by Crippen LogP contribution is 2.25. The van der Waals surface area contributed by atoms with Crippen molar-refractivity contribution in [2.24, 2.45) is 0 Å². The molecule has 2 rings (SSSR count). The molecule has 102 valence electrons. The van der Waals surface area contributed by atoms with Crippen LogP contribution in [0.2, 0.25) is 0 Å². The lowest BCUT2D eigenvalue weighted by Gasteiger charge is -2.23. The minimum Gasteiger partial charge on any atom is -0.297 e. The smallest absolute Gasteiger partial charge is 0.104 e. The average Bonchev–Trinajstić information content (AvgIpc) is 3.23. The van der Waals surface area contributed by atoms with Gasteiger partial charge < -0.3 is 0 Å². The zero-order valence-corrected chi connectivity index (χ0v) is 12.4. The van der Waals surface area contributed by atoms with E-state index in [2.05, 4.69) is 41.7 Å². The van der Waals surface area contributed by atoms with Crippen LogP contribution in [-0.2, 0) is 5.75 Å². The molecular formula is C16H22N2S. The molecule has 1 aromatic rings. The first-order valence-corrected chi connectivity index (χ1v) is 8.18. The standard InChI is InChI=1S/C16H22N2S/c1-16(13-17,18-15-8-9-15)10-5-11-19-12-14-6-3-2-4-7-14/h2-4,6-7,15,18H,5,8-12H2,1H3. The highest BCUT2D eigenvalue weighted by Gasteiger charge is 2.31. The lowest BCUT2D eigenvalue weighted by Crippen LogP contribution is -2.42. The Balaban J connectivity index is 1.61. The maximum absolute atomic E-state index is 9.28. The van der Waals surface area contributed by atoms with Crippen LogP contribution in [0.1, 0.15) is 38.2 Å². The van der Waals surface area contributed by atoms with Crippen molar-refractivity contribution in [3.63, 3.8) is 0 Å². The minimum atomic E-state index is -0.325. The van der Waals surface area contributed by atoms with E-state index >= 15 is 0 Å². The second-order valence-corrected chi connectivity index (χ2v) is 6.61. The molecule has 1 saturated carbocycles. The third kappa shape index (κ3) is 5.26. The third-order valence-electron chi connectivity index (χ3n) is 3.42. The van der Waals surface area contributed by atoms with Gasteiger partial charge in [0, 0.05) is 11.8 Å². The molecule has 0 spiro atoms. The van der Waals surface area contributed by atoms with Gasteiger partial charge in [-0.3, -0.25) is 5.32 Å². The normalized spacial score (nSPS) is 17.7. The third-order valence-corrected chi connectivity index (χ3v) is 4.54. The maximum Gasteiger partial charge on any atom is 0.104 e. The molecule has 0 heterocycles. The predicted octanol–water partition coefficient (Wildman–Crippen LogP) is 3.73. The van der Waals surface area contributed by atoms with Crippen molar-refractivity contribution in [2.45, 2.75) is 49.9 Å². The van der Waals surface area contributed by atoms with Gasteiger partial charge in [-0.2, -0.15) is 17.0 Å². The van der Waals surface area contributed by atoms with Crippen LogP contribution in [0.3, 0.4) is 0 Å². The molecule has 0 aliphatic heterocycles. The first-order valence-electron chi connectivity index (χ1n) is 7.02. The Kier molecular flexibility index (Phi) is 5.30. The molecule has 1 atom stereocenters. The molecule has 1 N–H and O–H groups in total. The van der Waals surface area contributed by atoms with Gasteiger partial charge in [0.15, 0.2) is 0 Å². The summed E-state index contributed by atoms with van der Waals surface area (Å²) in [6.45, 7) is 2.03. The number of rotatable bonds is 8. The molecule has 1 aromatic carbocycles. The Hall–Kier alpha value is -0.980. The number of hydrogen-bond donors (Lipinski definition) is 1. The lowest BCUT2D eigenvalue weighted by molar-refractivity contribution is 0.412. The topological polar surface area (TPSA) is 35.8 Å². The molecule has 0 amide bonds.